The first kappa shape index (κ1) is 18.9. The molecule has 1 amide bonds. The number of carbonyl (C=O) groups excluding carboxylic acids is 1. The molecular formula is C21H19N5O2S. The van der Waals surface area contributed by atoms with Gasteiger partial charge in [0.15, 0.2) is 0 Å². The Kier molecular flexibility index (Phi) is 5.44. The van der Waals surface area contributed by atoms with Crippen molar-refractivity contribution in [3.8, 4) is 11.4 Å². The lowest BCUT2D eigenvalue weighted by molar-refractivity contribution is -0.115. The van der Waals surface area contributed by atoms with Gasteiger partial charge in [0, 0.05) is 5.69 Å². The lowest BCUT2D eigenvalue weighted by atomic mass is 10.1. The van der Waals surface area contributed by atoms with Crippen molar-refractivity contribution < 1.29 is 9.53 Å². The SMILES string of the molecule is COc1ccc(-n2nnnc2S[C@H](C)C(=O)Nc2ccc3ccccc3c2)cc1. The summed E-state index contributed by atoms with van der Waals surface area (Å²) in [4.78, 5) is 12.7. The average Bonchev–Trinajstić information content (AvgIpc) is 3.21. The van der Waals surface area contributed by atoms with Crippen LogP contribution in [0.4, 0.5) is 5.69 Å². The Bertz CT molecular complexity index is 1140. The van der Waals surface area contributed by atoms with Crippen LogP contribution in [0.2, 0.25) is 0 Å². The summed E-state index contributed by atoms with van der Waals surface area (Å²) in [5.74, 6) is 0.633. The number of nitrogens with one attached hydrogen (secondary N) is 1. The van der Waals surface area contributed by atoms with E-state index in [1.54, 1.807) is 11.8 Å². The van der Waals surface area contributed by atoms with Crippen molar-refractivity contribution in [2.24, 2.45) is 0 Å². The Labute approximate surface area is 172 Å². The first-order valence-electron chi connectivity index (χ1n) is 9.03. The smallest absolute Gasteiger partial charge is 0.237 e. The Morgan fingerprint density at radius 3 is 2.59 bits per heavy atom. The van der Waals surface area contributed by atoms with Gasteiger partial charge in [-0.05, 0) is 64.5 Å². The predicted molar refractivity (Wildman–Crippen MR) is 114 cm³/mol. The summed E-state index contributed by atoms with van der Waals surface area (Å²) >= 11 is 1.30. The summed E-state index contributed by atoms with van der Waals surface area (Å²) < 4.78 is 6.78. The van der Waals surface area contributed by atoms with Crippen LogP contribution in [0.1, 0.15) is 6.92 Å². The molecule has 1 atom stereocenters. The van der Waals surface area contributed by atoms with Crippen LogP contribution in [-0.2, 0) is 4.79 Å². The maximum absolute atomic E-state index is 12.7. The fourth-order valence-corrected chi connectivity index (χ4v) is 3.67. The maximum atomic E-state index is 12.7. The van der Waals surface area contributed by atoms with E-state index in [0.29, 0.717) is 5.16 Å². The number of methoxy groups -OCH3 is 1. The number of ether oxygens (including phenoxy) is 1. The zero-order valence-electron chi connectivity index (χ0n) is 15.9. The van der Waals surface area contributed by atoms with Gasteiger partial charge in [0.25, 0.3) is 0 Å². The standard InChI is InChI=1S/C21H19N5O2S/c1-14(20(27)22-17-8-7-15-5-3-4-6-16(15)13-17)29-21-23-24-25-26(21)18-9-11-19(28-2)12-10-18/h3-14H,1-2H3,(H,22,27)/t14-/m1/s1. The highest BCUT2D eigenvalue weighted by molar-refractivity contribution is 8.00. The number of thioether (sulfide) groups is 1. The van der Waals surface area contributed by atoms with Crippen molar-refractivity contribution in [2.75, 3.05) is 12.4 Å². The quantitative estimate of drug-likeness (QED) is 0.489. The van der Waals surface area contributed by atoms with Crippen LogP contribution in [0, 0.1) is 0 Å². The number of fused-ring (bicyclic) bond motifs is 1. The van der Waals surface area contributed by atoms with Gasteiger partial charge in [-0.1, -0.05) is 42.1 Å². The zero-order valence-corrected chi connectivity index (χ0v) is 16.8. The molecule has 1 heterocycles. The lowest BCUT2D eigenvalue weighted by Crippen LogP contribution is -2.22. The van der Waals surface area contributed by atoms with Crippen LogP contribution >= 0.6 is 11.8 Å². The van der Waals surface area contributed by atoms with Crippen molar-refractivity contribution in [3.63, 3.8) is 0 Å². The van der Waals surface area contributed by atoms with E-state index < -0.39 is 0 Å². The highest BCUT2D eigenvalue weighted by atomic mass is 32.2. The molecule has 146 valence electrons. The van der Waals surface area contributed by atoms with Gasteiger partial charge in [-0.2, -0.15) is 4.68 Å². The van der Waals surface area contributed by atoms with Crippen LogP contribution in [0.5, 0.6) is 5.75 Å². The number of hydrogen-bond acceptors (Lipinski definition) is 6. The zero-order chi connectivity index (χ0) is 20.2. The van der Waals surface area contributed by atoms with Crippen LogP contribution in [-0.4, -0.2) is 38.5 Å². The Morgan fingerprint density at radius 1 is 1.07 bits per heavy atom. The Morgan fingerprint density at radius 2 is 1.83 bits per heavy atom. The van der Waals surface area contributed by atoms with Crippen molar-refractivity contribution in [2.45, 2.75) is 17.3 Å². The summed E-state index contributed by atoms with van der Waals surface area (Å²) in [6, 6.07) is 21.3. The Hall–Kier alpha value is -3.39. The number of aromatic nitrogens is 4. The van der Waals surface area contributed by atoms with Crippen molar-refractivity contribution in [3.05, 3.63) is 66.7 Å². The number of tetrazole rings is 1. The largest absolute Gasteiger partial charge is 0.497 e. The summed E-state index contributed by atoms with van der Waals surface area (Å²) in [6.07, 6.45) is 0. The molecule has 0 saturated carbocycles. The molecule has 0 aliphatic carbocycles. The summed E-state index contributed by atoms with van der Waals surface area (Å²) in [5.41, 5.74) is 1.55. The molecule has 1 aromatic heterocycles. The van der Waals surface area contributed by atoms with Gasteiger partial charge in [0.05, 0.1) is 18.0 Å². The summed E-state index contributed by atoms with van der Waals surface area (Å²) in [7, 11) is 1.61. The van der Waals surface area contributed by atoms with E-state index in [4.69, 9.17) is 4.74 Å². The minimum absolute atomic E-state index is 0.116. The number of benzene rings is 3. The Balaban J connectivity index is 1.46. The topological polar surface area (TPSA) is 81.9 Å². The molecule has 0 radical (unpaired) electrons. The highest BCUT2D eigenvalue weighted by Crippen LogP contribution is 2.25. The first-order chi connectivity index (χ1) is 14.1. The third-order valence-corrected chi connectivity index (χ3v) is 5.46. The third-order valence-electron chi connectivity index (χ3n) is 4.43. The fraction of sp³-hybridized carbons (Fsp3) is 0.143. The molecule has 4 aromatic rings. The van der Waals surface area contributed by atoms with E-state index in [1.807, 2.05) is 73.7 Å². The molecule has 0 fully saturated rings. The van der Waals surface area contributed by atoms with Gasteiger partial charge in [0.2, 0.25) is 11.1 Å². The molecule has 29 heavy (non-hydrogen) atoms. The number of carbonyl (C=O) groups is 1. The normalized spacial score (nSPS) is 11.9. The van der Waals surface area contributed by atoms with E-state index >= 15 is 0 Å². The van der Waals surface area contributed by atoms with Gasteiger partial charge >= 0.3 is 0 Å². The number of anilines is 1. The van der Waals surface area contributed by atoms with E-state index in [-0.39, 0.29) is 11.2 Å². The van der Waals surface area contributed by atoms with Gasteiger partial charge in [-0.25, -0.2) is 0 Å². The molecule has 3 aromatic carbocycles. The highest BCUT2D eigenvalue weighted by Gasteiger charge is 2.19. The monoisotopic (exact) mass is 405 g/mol. The summed E-state index contributed by atoms with van der Waals surface area (Å²) in [6.45, 7) is 1.83. The molecule has 1 N–H and O–H groups in total. The maximum Gasteiger partial charge on any atom is 0.237 e. The van der Waals surface area contributed by atoms with Crippen molar-refractivity contribution >= 4 is 34.1 Å². The van der Waals surface area contributed by atoms with Crippen LogP contribution in [0.3, 0.4) is 0 Å². The predicted octanol–water partition coefficient (Wildman–Crippen LogP) is 3.94. The van der Waals surface area contributed by atoms with Gasteiger partial charge in [-0.15, -0.1) is 5.10 Å². The van der Waals surface area contributed by atoms with Crippen molar-refractivity contribution in [1.29, 1.82) is 0 Å². The molecule has 0 unspecified atom stereocenters. The van der Waals surface area contributed by atoms with E-state index in [0.717, 1.165) is 27.9 Å². The van der Waals surface area contributed by atoms with Crippen LogP contribution < -0.4 is 10.1 Å². The average molecular weight is 405 g/mol. The number of nitrogens with zero attached hydrogens (tertiary/aromatic N) is 4. The molecule has 0 spiro atoms. The van der Waals surface area contributed by atoms with Gasteiger partial charge < -0.3 is 10.1 Å². The molecule has 8 heteroatoms. The fourth-order valence-electron chi connectivity index (χ4n) is 2.86. The van der Waals surface area contributed by atoms with E-state index in [1.165, 1.54) is 11.8 Å². The second kappa shape index (κ2) is 8.32. The van der Waals surface area contributed by atoms with Gasteiger partial charge in [0.1, 0.15) is 5.75 Å². The molecule has 0 aliphatic heterocycles. The van der Waals surface area contributed by atoms with E-state index in [2.05, 4.69) is 20.8 Å². The first-order valence-corrected chi connectivity index (χ1v) is 9.91. The van der Waals surface area contributed by atoms with Crippen LogP contribution in [0.25, 0.3) is 16.5 Å². The second-order valence-corrected chi connectivity index (χ2v) is 7.69. The minimum Gasteiger partial charge on any atom is -0.497 e. The van der Waals surface area contributed by atoms with Crippen LogP contribution in [0.15, 0.2) is 71.9 Å². The number of amides is 1. The molecular weight excluding hydrogens is 386 g/mol. The summed E-state index contributed by atoms with van der Waals surface area (Å²) in [5, 5.41) is 17.2. The number of hydrogen-bond donors (Lipinski definition) is 1. The molecule has 7 nitrogen and oxygen atoms in total. The number of rotatable bonds is 6. The second-order valence-electron chi connectivity index (χ2n) is 6.38. The van der Waals surface area contributed by atoms with E-state index in [9.17, 15) is 4.79 Å². The lowest BCUT2D eigenvalue weighted by Gasteiger charge is -2.12. The molecule has 0 aliphatic rings. The molecule has 4 rings (SSSR count). The molecule has 0 saturated heterocycles. The minimum atomic E-state index is -0.385. The third kappa shape index (κ3) is 4.22. The van der Waals surface area contributed by atoms with Gasteiger partial charge in [-0.3, -0.25) is 4.79 Å². The van der Waals surface area contributed by atoms with Crippen molar-refractivity contribution in [1.82, 2.24) is 20.2 Å². The molecule has 0 bridgehead atoms.